The Morgan fingerprint density at radius 2 is 1.67 bits per heavy atom. The van der Waals surface area contributed by atoms with Crippen molar-refractivity contribution in [1.29, 1.82) is 0 Å². The number of nitrogens with one attached hydrogen (secondary N) is 1. The molecule has 0 amide bonds. The maximum Gasteiger partial charge on any atom is 0.126 e. The van der Waals surface area contributed by atoms with E-state index in [-0.39, 0.29) is 11.9 Å². The molecular weight excluding hydrogens is 225 g/mol. The number of halogens is 1. The van der Waals surface area contributed by atoms with Crippen molar-refractivity contribution < 1.29 is 4.39 Å². The first-order valence-electron chi connectivity index (χ1n) is 6.15. The summed E-state index contributed by atoms with van der Waals surface area (Å²) in [5.74, 6) is -0.163. The summed E-state index contributed by atoms with van der Waals surface area (Å²) >= 11 is 0. The molecule has 2 aromatic carbocycles. The first-order valence-corrected chi connectivity index (χ1v) is 6.15. The van der Waals surface area contributed by atoms with Gasteiger partial charge in [-0.05, 0) is 50.1 Å². The van der Waals surface area contributed by atoms with E-state index in [9.17, 15) is 4.39 Å². The summed E-state index contributed by atoms with van der Waals surface area (Å²) in [6.07, 6.45) is 0. The molecule has 94 valence electrons. The van der Waals surface area contributed by atoms with Crippen LogP contribution >= 0.6 is 0 Å². The lowest BCUT2D eigenvalue weighted by molar-refractivity contribution is 0.618. The Labute approximate surface area is 108 Å². The Hall–Kier alpha value is -1.83. The van der Waals surface area contributed by atoms with E-state index in [1.165, 1.54) is 17.2 Å². The third-order valence-electron chi connectivity index (χ3n) is 3.12. The molecule has 0 heterocycles. The second kappa shape index (κ2) is 5.21. The van der Waals surface area contributed by atoms with Gasteiger partial charge in [-0.3, -0.25) is 0 Å². The van der Waals surface area contributed by atoms with Gasteiger partial charge in [-0.15, -0.1) is 0 Å². The summed E-state index contributed by atoms with van der Waals surface area (Å²) in [5, 5.41) is 3.38. The summed E-state index contributed by atoms with van der Waals surface area (Å²) in [5.41, 5.74) is 4.09. The second-order valence-corrected chi connectivity index (χ2v) is 4.74. The van der Waals surface area contributed by atoms with E-state index in [0.29, 0.717) is 5.56 Å². The summed E-state index contributed by atoms with van der Waals surface area (Å²) in [4.78, 5) is 0. The molecule has 0 aliphatic heterocycles. The van der Waals surface area contributed by atoms with Crippen molar-refractivity contribution in [2.45, 2.75) is 26.8 Å². The third kappa shape index (κ3) is 2.89. The Morgan fingerprint density at radius 3 is 2.28 bits per heavy atom. The van der Waals surface area contributed by atoms with E-state index in [4.69, 9.17) is 0 Å². The normalized spacial score (nSPS) is 12.2. The summed E-state index contributed by atoms with van der Waals surface area (Å²) in [7, 11) is 0. The monoisotopic (exact) mass is 243 g/mol. The zero-order valence-corrected chi connectivity index (χ0v) is 11.0. The van der Waals surface area contributed by atoms with Crippen LogP contribution in [-0.4, -0.2) is 0 Å². The molecule has 0 radical (unpaired) electrons. The largest absolute Gasteiger partial charge is 0.379 e. The number of hydrogen-bond acceptors (Lipinski definition) is 1. The van der Waals surface area contributed by atoms with Crippen LogP contribution in [0.4, 0.5) is 10.1 Å². The van der Waals surface area contributed by atoms with Crippen LogP contribution < -0.4 is 5.32 Å². The molecule has 0 aromatic heterocycles. The van der Waals surface area contributed by atoms with Crippen LogP contribution in [0.15, 0.2) is 42.5 Å². The van der Waals surface area contributed by atoms with Crippen molar-refractivity contribution >= 4 is 5.69 Å². The molecule has 0 saturated heterocycles. The quantitative estimate of drug-likeness (QED) is 0.829. The van der Waals surface area contributed by atoms with Crippen molar-refractivity contribution in [3.8, 4) is 0 Å². The van der Waals surface area contributed by atoms with Gasteiger partial charge in [0, 0.05) is 11.7 Å². The van der Waals surface area contributed by atoms with Gasteiger partial charge in [0.2, 0.25) is 0 Å². The van der Waals surface area contributed by atoms with Crippen molar-refractivity contribution in [2.24, 2.45) is 0 Å². The molecule has 2 rings (SSSR count). The van der Waals surface area contributed by atoms with Crippen LogP contribution in [0.1, 0.15) is 29.7 Å². The highest BCUT2D eigenvalue weighted by Crippen LogP contribution is 2.21. The molecule has 2 heteroatoms. The Kier molecular flexibility index (Phi) is 3.66. The van der Waals surface area contributed by atoms with Crippen molar-refractivity contribution in [2.75, 3.05) is 5.32 Å². The lowest BCUT2D eigenvalue weighted by atomic mass is 10.1. The van der Waals surface area contributed by atoms with Crippen LogP contribution in [0.5, 0.6) is 0 Å². The number of benzene rings is 2. The van der Waals surface area contributed by atoms with Crippen LogP contribution in [-0.2, 0) is 0 Å². The zero-order chi connectivity index (χ0) is 13.1. The predicted octanol–water partition coefficient (Wildman–Crippen LogP) is 4.62. The van der Waals surface area contributed by atoms with Gasteiger partial charge < -0.3 is 5.32 Å². The standard InChI is InChI=1S/C16H18FN/c1-11-4-6-14(7-5-11)13(3)18-15-8-9-16(17)12(2)10-15/h4-10,13,18H,1-3H3. The van der Waals surface area contributed by atoms with E-state index in [0.717, 1.165) is 5.69 Å². The van der Waals surface area contributed by atoms with Gasteiger partial charge in [-0.25, -0.2) is 4.39 Å². The highest BCUT2D eigenvalue weighted by atomic mass is 19.1. The van der Waals surface area contributed by atoms with Crippen LogP contribution in [0.25, 0.3) is 0 Å². The molecule has 1 N–H and O–H groups in total. The minimum Gasteiger partial charge on any atom is -0.379 e. The molecule has 0 spiro atoms. The van der Waals surface area contributed by atoms with Gasteiger partial charge in [0.05, 0.1) is 0 Å². The lowest BCUT2D eigenvalue weighted by Gasteiger charge is -2.16. The maximum absolute atomic E-state index is 13.2. The molecule has 18 heavy (non-hydrogen) atoms. The number of hydrogen-bond donors (Lipinski definition) is 1. The second-order valence-electron chi connectivity index (χ2n) is 4.74. The first-order chi connectivity index (χ1) is 8.56. The van der Waals surface area contributed by atoms with Gasteiger partial charge in [0.25, 0.3) is 0 Å². The minimum absolute atomic E-state index is 0.163. The molecule has 0 aliphatic carbocycles. The summed E-state index contributed by atoms with van der Waals surface area (Å²) in [6.45, 7) is 5.95. The van der Waals surface area contributed by atoms with Crippen LogP contribution in [0, 0.1) is 19.7 Å². The van der Waals surface area contributed by atoms with Crippen molar-refractivity contribution in [1.82, 2.24) is 0 Å². The van der Waals surface area contributed by atoms with Gasteiger partial charge in [-0.2, -0.15) is 0 Å². The molecular formula is C16H18FN. The van der Waals surface area contributed by atoms with E-state index >= 15 is 0 Å². The van der Waals surface area contributed by atoms with Gasteiger partial charge >= 0.3 is 0 Å². The summed E-state index contributed by atoms with van der Waals surface area (Å²) < 4.78 is 13.2. The van der Waals surface area contributed by atoms with E-state index in [1.54, 1.807) is 13.0 Å². The van der Waals surface area contributed by atoms with Crippen molar-refractivity contribution in [3.63, 3.8) is 0 Å². The molecule has 0 fully saturated rings. The Morgan fingerprint density at radius 1 is 1.00 bits per heavy atom. The average Bonchev–Trinajstić information content (AvgIpc) is 2.34. The summed E-state index contributed by atoms with van der Waals surface area (Å²) in [6, 6.07) is 13.7. The van der Waals surface area contributed by atoms with E-state index < -0.39 is 0 Å². The SMILES string of the molecule is Cc1ccc(C(C)Nc2ccc(F)c(C)c2)cc1. The highest BCUT2D eigenvalue weighted by Gasteiger charge is 2.06. The van der Waals surface area contributed by atoms with E-state index in [2.05, 4.69) is 43.4 Å². The smallest absolute Gasteiger partial charge is 0.126 e. The third-order valence-corrected chi connectivity index (χ3v) is 3.12. The lowest BCUT2D eigenvalue weighted by Crippen LogP contribution is -2.06. The van der Waals surface area contributed by atoms with Gasteiger partial charge in [-0.1, -0.05) is 29.8 Å². The van der Waals surface area contributed by atoms with E-state index in [1.807, 2.05) is 6.07 Å². The van der Waals surface area contributed by atoms with Crippen LogP contribution in [0.3, 0.4) is 0 Å². The fourth-order valence-electron chi connectivity index (χ4n) is 1.92. The van der Waals surface area contributed by atoms with Crippen molar-refractivity contribution in [3.05, 3.63) is 65.0 Å². The fraction of sp³-hybridized carbons (Fsp3) is 0.250. The number of rotatable bonds is 3. The van der Waals surface area contributed by atoms with Gasteiger partial charge in [0.15, 0.2) is 0 Å². The minimum atomic E-state index is -0.163. The molecule has 1 nitrogen and oxygen atoms in total. The molecule has 2 aromatic rings. The topological polar surface area (TPSA) is 12.0 Å². The predicted molar refractivity (Wildman–Crippen MR) is 74.4 cm³/mol. The fourth-order valence-corrected chi connectivity index (χ4v) is 1.92. The molecule has 0 bridgehead atoms. The van der Waals surface area contributed by atoms with Gasteiger partial charge in [0.1, 0.15) is 5.82 Å². The Balaban J connectivity index is 2.13. The first kappa shape index (κ1) is 12.6. The Bertz CT molecular complexity index is 531. The average molecular weight is 243 g/mol. The molecule has 1 atom stereocenters. The maximum atomic E-state index is 13.2. The zero-order valence-electron chi connectivity index (χ0n) is 11.0. The van der Waals surface area contributed by atoms with Crippen LogP contribution in [0.2, 0.25) is 0 Å². The molecule has 0 saturated carbocycles. The highest BCUT2D eigenvalue weighted by molar-refractivity contribution is 5.48. The number of aryl methyl sites for hydroxylation is 2. The molecule has 1 unspecified atom stereocenters. The molecule has 0 aliphatic rings. The number of anilines is 1.